The lowest BCUT2D eigenvalue weighted by Gasteiger charge is -2.41. The van der Waals surface area contributed by atoms with Gasteiger partial charge in [-0.25, -0.2) is 0 Å². The Bertz CT molecular complexity index is 1520. The van der Waals surface area contributed by atoms with Gasteiger partial charge < -0.3 is 14.2 Å². The van der Waals surface area contributed by atoms with Crippen molar-refractivity contribution in [2.75, 3.05) is 41.4 Å². The summed E-state index contributed by atoms with van der Waals surface area (Å²) in [5.74, 6) is 2.64. The lowest BCUT2D eigenvalue weighted by atomic mass is 9.81. The van der Waals surface area contributed by atoms with E-state index in [1.165, 1.54) is 44.5 Å². The molecule has 0 amide bonds. The van der Waals surface area contributed by atoms with Crippen LogP contribution in [0, 0.1) is 0 Å². The molecule has 0 saturated heterocycles. The topological polar surface area (TPSA) is 34.2 Å². The zero-order valence-corrected chi connectivity index (χ0v) is 25.4. The molecule has 7 aliphatic rings. The largest absolute Gasteiger partial charge is 0.493 e. The molecule has 3 aromatic carbocycles. The molecule has 0 N–H and O–H groups in total. The Kier molecular flexibility index (Phi) is 7.33. The van der Waals surface area contributed by atoms with Gasteiger partial charge in [0.25, 0.3) is 0 Å². The SMILES string of the molecule is COc1cc2c3c(c1OC)Cc1ccc(cc1)C[C@@H]1C4=C(C=CCC4Oc4ccc(cc4)C[C@H]3N(C)CC2)CCN1C. The summed E-state index contributed by atoms with van der Waals surface area (Å²) < 4.78 is 18.7. The number of rotatable bonds is 2. The number of hydrogen-bond acceptors (Lipinski definition) is 5. The molecular weight excluding hydrogens is 520 g/mol. The molecule has 6 aliphatic heterocycles. The first-order valence-corrected chi connectivity index (χ1v) is 15.4. The van der Waals surface area contributed by atoms with Gasteiger partial charge in [0.1, 0.15) is 11.9 Å². The summed E-state index contributed by atoms with van der Waals surface area (Å²) in [4.78, 5) is 5.03. The Morgan fingerprint density at radius 3 is 2.19 bits per heavy atom. The van der Waals surface area contributed by atoms with Gasteiger partial charge in [0, 0.05) is 43.6 Å². The fourth-order valence-corrected chi connectivity index (χ4v) is 7.67. The second kappa shape index (κ2) is 11.3. The van der Waals surface area contributed by atoms with Gasteiger partial charge in [-0.1, -0.05) is 48.6 Å². The van der Waals surface area contributed by atoms with E-state index < -0.39 is 0 Å². The maximum absolute atomic E-state index is 6.77. The number of likely N-dealkylation sites (N-methyl/N-ethyl adjacent to an activating group) is 2. The molecule has 0 radical (unpaired) electrons. The van der Waals surface area contributed by atoms with Crippen molar-refractivity contribution in [2.45, 2.75) is 56.7 Å². The molecule has 218 valence electrons. The summed E-state index contributed by atoms with van der Waals surface area (Å²) in [5, 5.41) is 0. The van der Waals surface area contributed by atoms with Crippen molar-refractivity contribution in [1.82, 2.24) is 9.80 Å². The highest BCUT2D eigenvalue weighted by Crippen LogP contribution is 2.44. The molecule has 1 unspecified atom stereocenters. The first kappa shape index (κ1) is 27.3. The first-order valence-electron chi connectivity index (χ1n) is 15.4. The monoisotopic (exact) mass is 562 g/mol. The highest BCUT2D eigenvalue weighted by molar-refractivity contribution is 5.58. The van der Waals surface area contributed by atoms with Crippen LogP contribution in [-0.2, 0) is 25.7 Å². The first-order chi connectivity index (χ1) is 20.5. The van der Waals surface area contributed by atoms with E-state index in [1.807, 2.05) is 0 Å². The van der Waals surface area contributed by atoms with E-state index >= 15 is 0 Å². The van der Waals surface area contributed by atoms with Gasteiger partial charge in [-0.2, -0.15) is 0 Å². The lowest BCUT2D eigenvalue weighted by Crippen LogP contribution is -2.45. The Morgan fingerprint density at radius 2 is 1.45 bits per heavy atom. The highest BCUT2D eigenvalue weighted by atomic mass is 16.5. The summed E-state index contributed by atoms with van der Waals surface area (Å²) in [7, 11) is 8.04. The minimum Gasteiger partial charge on any atom is -0.493 e. The summed E-state index contributed by atoms with van der Waals surface area (Å²) in [5.41, 5.74) is 10.9. The second-order valence-corrected chi connectivity index (χ2v) is 12.4. The molecule has 10 rings (SSSR count). The van der Waals surface area contributed by atoms with Gasteiger partial charge in [0.2, 0.25) is 0 Å². The Morgan fingerprint density at radius 1 is 0.786 bits per heavy atom. The van der Waals surface area contributed by atoms with Crippen LogP contribution in [0.1, 0.15) is 52.3 Å². The van der Waals surface area contributed by atoms with Crippen molar-refractivity contribution in [3.8, 4) is 17.2 Å². The van der Waals surface area contributed by atoms with E-state index in [-0.39, 0.29) is 12.1 Å². The second-order valence-electron chi connectivity index (χ2n) is 12.4. The van der Waals surface area contributed by atoms with Gasteiger partial charge in [-0.05, 0) is 96.9 Å². The molecule has 4 bridgehead atoms. The van der Waals surface area contributed by atoms with Gasteiger partial charge in [0.15, 0.2) is 11.5 Å². The van der Waals surface area contributed by atoms with Crippen molar-refractivity contribution in [2.24, 2.45) is 0 Å². The molecule has 0 fully saturated rings. The highest BCUT2D eigenvalue weighted by Gasteiger charge is 2.35. The average molecular weight is 563 g/mol. The molecule has 1 aliphatic carbocycles. The maximum atomic E-state index is 6.77. The molecule has 5 heteroatoms. The van der Waals surface area contributed by atoms with Crippen molar-refractivity contribution >= 4 is 0 Å². The number of ether oxygens (including phenoxy) is 3. The van der Waals surface area contributed by atoms with E-state index in [2.05, 4.69) is 90.6 Å². The molecule has 0 saturated carbocycles. The summed E-state index contributed by atoms with van der Waals surface area (Å²) in [6, 6.07) is 21.0. The number of allylic oxidation sites excluding steroid dienone is 1. The van der Waals surface area contributed by atoms with Gasteiger partial charge in [-0.3, -0.25) is 9.80 Å². The van der Waals surface area contributed by atoms with Gasteiger partial charge in [-0.15, -0.1) is 0 Å². The Hall–Kier alpha value is -3.54. The molecule has 3 atom stereocenters. The zero-order chi connectivity index (χ0) is 28.8. The van der Waals surface area contributed by atoms with Crippen LogP contribution in [0.2, 0.25) is 0 Å². The van der Waals surface area contributed by atoms with Crippen LogP contribution in [0.25, 0.3) is 0 Å². The van der Waals surface area contributed by atoms with E-state index in [9.17, 15) is 0 Å². The molecular formula is C37H42N2O3. The van der Waals surface area contributed by atoms with Crippen molar-refractivity contribution in [1.29, 1.82) is 0 Å². The van der Waals surface area contributed by atoms with Crippen LogP contribution in [0.3, 0.4) is 0 Å². The normalized spacial score (nSPS) is 24.0. The predicted molar refractivity (Wildman–Crippen MR) is 168 cm³/mol. The average Bonchev–Trinajstić information content (AvgIpc) is 3.01. The van der Waals surface area contributed by atoms with Crippen molar-refractivity contribution in [3.05, 3.63) is 111 Å². The van der Waals surface area contributed by atoms with Crippen LogP contribution in [-0.4, -0.2) is 63.4 Å². The van der Waals surface area contributed by atoms with Gasteiger partial charge >= 0.3 is 0 Å². The predicted octanol–water partition coefficient (Wildman–Crippen LogP) is 6.33. The number of methoxy groups -OCH3 is 2. The number of benzene rings is 3. The smallest absolute Gasteiger partial charge is 0.164 e. The summed E-state index contributed by atoms with van der Waals surface area (Å²) in [6.45, 7) is 2.09. The molecule has 0 aromatic heterocycles. The molecule has 5 nitrogen and oxygen atoms in total. The van der Waals surface area contributed by atoms with E-state index in [0.29, 0.717) is 6.04 Å². The maximum Gasteiger partial charge on any atom is 0.164 e. The van der Waals surface area contributed by atoms with Crippen LogP contribution in [0.4, 0.5) is 0 Å². The standard InChI is InChI=1S/C37H42N2O3/c1-38-19-17-28-23-34(40-3)37(41-4)30-20-24-8-10-25(11-9-24)22-32-36-27(16-18-39(32)2)6-5-7-33(36)42-29-14-12-26(13-15-29)21-31(38)35(28)30/h5-6,8-15,23,31-33H,7,16-22H2,1-4H3/t31-,32-,33?/m1/s1. The lowest BCUT2D eigenvalue weighted by molar-refractivity contribution is 0.178. The third kappa shape index (κ3) is 4.93. The number of nitrogens with zero attached hydrogens (tertiary/aromatic N) is 2. The van der Waals surface area contributed by atoms with E-state index in [1.54, 1.807) is 14.2 Å². The Balaban J connectivity index is 1.37. The van der Waals surface area contributed by atoms with E-state index in [0.717, 1.165) is 68.9 Å². The van der Waals surface area contributed by atoms with Crippen LogP contribution < -0.4 is 14.2 Å². The minimum absolute atomic E-state index is 0.0723. The van der Waals surface area contributed by atoms with Crippen molar-refractivity contribution in [3.63, 3.8) is 0 Å². The Labute approximate surface area is 250 Å². The summed E-state index contributed by atoms with van der Waals surface area (Å²) in [6.07, 6.45) is 10.4. The molecule has 0 spiro atoms. The van der Waals surface area contributed by atoms with E-state index in [4.69, 9.17) is 14.2 Å². The number of hydrogen-bond donors (Lipinski definition) is 0. The van der Waals surface area contributed by atoms with Crippen LogP contribution in [0.5, 0.6) is 17.2 Å². The molecule has 6 heterocycles. The zero-order valence-electron chi connectivity index (χ0n) is 25.4. The molecule has 3 aromatic rings. The fraction of sp³-hybridized carbons (Fsp3) is 0.405. The fourth-order valence-electron chi connectivity index (χ4n) is 7.67. The van der Waals surface area contributed by atoms with Gasteiger partial charge in [0.05, 0.1) is 14.2 Å². The van der Waals surface area contributed by atoms with Crippen LogP contribution in [0.15, 0.2) is 77.9 Å². The summed E-state index contributed by atoms with van der Waals surface area (Å²) >= 11 is 0. The minimum atomic E-state index is 0.0723. The third-order valence-electron chi connectivity index (χ3n) is 9.97. The third-order valence-corrected chi connectivity index (χ3v) is 9.97. The molecule has 42 heavy (non-hydrogen) atoms. The van der Waals surface area contributed by atoms with Crippen molar-refractivity contribution < 1.29 is 14.2 Å². The quantitative estimate of drug-likeness (QED) is 0.365. The van der Waals surface area contributed by atoms with Crippen LogP contribution >= 0.6 is 0 Å².